The van der Waals surface area contributed by atoms with Crippen molar-refractivity contribution in [3.8, 4) is 22.6 Å². The van der Waals surface area contributed by atoms with Crippen LogP contribution in [0.5, 0.6) is 11.5 Å². The lowest BCUT2D eigenvalue weighted by atomic mass is 10.0. The first-order chi connectivity index (χ1) is 10.2. The predicted molar refractivity (Wildman–Crippen MR) is 87.2 cm³/mol. The quantitative estimate of drug-likeness (QED) is 0.701. The first kappa shape index (κ1) is 13.1. The molecule has 0 bridgehead atoms. The highest BCUT2D eigenvalue weighted by Gasteiger charge is 2.05. The van der Waals surface area contributed by atoms with Gasteiger partial charge in [-0.15, -0.1) is 0 Å². The Morgan fingerprint density at radius 2 is 1.38 bits per heavy atom. The van der Waals surface area contributed by atoms with Gasteiger partial charge in [0.15, 0.2) is 0 Å². The van der Waals surface area contributed by atoms with Gasteiger partial charge in [0.2, 0.25) is 0 Å². The molecule has 3 aromatic carbocycles. The Hall–Kier alpha value is -2.94. The molecule has 0 amide bonds. The van der Waals surface area contributed by atoms with E-state index in [1.54, 1.807) is 0 Å². The highest BCUT2D eigenvalue weighted by molar-refractivity contribution is 5.78. The van der Waals surface area contributed by atoms with Crippen LogP contribution in [-0.4, -0.2) is 0 Å². The van der Waals surface area contributed by atoms with Gasteiger partial charge < -0.3 is 16.2 Å². The summed E-state index contributed by atoms with van der Waals surface area (Å²) in [6, 6.07) is 23.0. The Morgan fingerprint density at radius 3 is 2.05 bits per heavy atom. The molecule has 0 saturated carbocycles. The van der Waals surface area contributed by atoms with Crippen molar-refractivity contribution in [1.29, 1.82) is 0 Å². The average Bonchev–Trinajstić information content (AvgIpc) is 2.50. The minimum atomic E-state index is 0.674. The standard InChI is InChI=1S/C18H16N2O/c19-14-8-6-13(7-9-14)17-11-10-16(12-18(17)20)21-15-4-2-1-3-5-15/h1-12H,19-20H2. The molecule has 3 rings (SSSR count). The van der Waals surface area contributed by atoms with Crippen molar-refractivity contribution in [2.75, 3.05) is 11.5 Å². The summed E-state index contributed by atoms with van der Waals surface area (Å²) in [7, 11) is 0. The Morgan fingerprint density at radius 1 is 0.667 bits per heavy atom. The molecule has 0 unspecified atom stereocenters. The second kappa shape index (κ2) is 5.59. The van der Waals surface area contributed by atoms with E-state index in [9.17, 15) is 0 Å². The van der Waals surface area contributed by atoms with Crippen LogP contribution in [0, 0.1) is 0 Å². The van der Waals surface area contributed by atoms with Crippen LogP contribution in [0.2, 0.25) is 0 Å². The van der Waals surface area contributed by atoms with Crippen molar-refractivity contribution in [3.05, 3.63) is 72.8 Å². The second-order valence-electron chi connectivity index (χ2n) is 4.79. The van der Waals surface area contributed by atoms with E-state index in [0.717, 1.165) is 28.3 Å². The summed E-state index contributed by atoms with van der Waals surface area (Å²) >= 11 is 0. The number of rotatable bonds is 3. The van der Waals surface area contributed by atoms with E-state index in [1.165, 1.54) is 0 Å². The molecular formula is C18H16N2O. The summed E-state index contributed by atoms with van der Waals surface area (Å²) in [6.07, 6.45) is 0. The van der Waals surface area contributed by atoms with Crippen LogP contribution in [-0.2, 0) is 0 Å². The fourth-order valence-electron chi connectivity index (χ4n) is 2.15. The van der Waals surface area contributed by atoms with E-state index in [2.05, 4.69) is 0 Å². The molecular weight excluding hydrogens is 260 g/mol. The zero-order valence-electron chi connectivity index (χ0n) is 11.5. The third-order valence-electron chi connectivity index (χ3n) is 3.22. The molecule has 3 heteroatoms. The summed E-state index contributed by atoms with van der Waals surface area (Å²) in [6.45, 7) is 0. The number of nitrogen functional groups attached to an aromatic ring is 2. The summed E-state index contributed by atoms with van der Waals surface area (Å²) in [5, 5.41) is 0. The molecule has 0 saturated heterocycles. The molecule has 0 aliphatic heterocycles. The lowest BCUT2D eigenvalue weighted by Crippen LogP contribution is -1.92. The Balaban J connectivity index is 1.88. The van der Waals surface area contributed by atoms with Gasteiger partial charge in [-0.3, -0.25) is 0 Å². The minimum absolute atomic E-state index is 0.674. The zero-order chi connectivity index (χ0) is 14.7. The maximum Gasteiger partial charge on any atom is 0.129 e. The molecule has 3 aromatic rings. The van der Waals surface area contributed by atoms with Gasteiger partial charge >= 0.3 is 0 Å². The lowest BCUT2D eigenvalue weighted by Gasteiger charge is -2.10. The summed E-state index contributed by atoms with van der Waals surface area (Å²) in [4.78, 5) is 0. The monoisotopic (exact) mass is 276 g/mol. The fourth-order valence-corrected chi connectivity index (χ4v) is 2.15. The average molecular weight is 276 g/mol. The number of hydrogen-bond acceptors (Lipinski definition) is 3. The molecule has 0 radical (unpaired) electrons. The summed E-state index contributed by atoms with van der Waals surface area (Å²) in [5.41, 5.74) is 15.3. The molecule has 0 aromatic heterocycles. The van der Waals surface area contributed by atoms with Crippen LogP contribution in [0.1, 0.15) is 0 Å². The molecule has 0 heterocycles. The van der Waals surface area contributed by atoms with E-state index in [-0.39, 0.29) is 0 Å². The zero-order valence-corrected chi connectivity index (χ0v) is 11.5. The maximum absolute atomic E-state index is 6.13. The first-order valence-electron chi connectivity index (χ1n) is 6.71. The van der Waals surface area contributed by atoms with Gasteiger partial charge in [-0.05, 0) is 42.0 Å². The summed E-state index contributed by atoms with van der Waals surface area (Å²) in [5.74, 6) is 1.51. The van der Waals surface area contributed by atoms with Crippen LogP contribution in [0.15, 0.2) is 72.8 Å². The van der Waals surface area contributed by atoms with E-state index < -0.39 is 0 Å². The van der Waals surface area contributed by atoms with E-state index in [4.69, 9.17) is 16.2 Å². The number of anilines is 2. The van der Waals surface area contributed by atoms with Crippen LogP contribution in [0.25, 0.3) is 11.1 Å². The van der Waals surface area contributed by atoms with E-state index in [0.29, 0.717) is 5.69 Å². The number of benzene rings is 3. The SMILES string of the molecule is Nc1ccc(-c2ccc(Oc3ccccc3)cc2N)cc1. The normalized spacial score (nSPS) is 10.3. The summed E-state index contributed by atoms with van der Waals surface area (Å²) < 4.78 is 5.77. The van der Waals surface area contributed by atoms with Crippen molar-refractivity contribution in [2.24, 2.45) is 0 Å². The third kappa shape index (κ3) is 2.98. The molecule has 104 valence electrons. The Kier molecular flexibility index (Phi) is 3.48. The minimum Gasteiger partial charge on any atom is -0.457 e. The highest BCUT2D eigenvalue weighted by Crippen LogP contribution is 2.31. The molecule has 21 heavy (non-hydrogen) atoms. The molecule has 0 spiro atoms. The number of hydrogen-bond donors (Lipinski definition) is 2. The topological polar surface area (TPSA) is 61.3 Å². The second-order valence-corrected chi connectivity index (χ2v) is 4.79. The van der Waals surface area contributed by atoms with Gasteiger partial charge in [-0.25, -0.2) is 0 Å². The van der Waals surface area contributed by atoms with Gasteiger partial charge in [0, 0.05) is 23.0 Å². The molecule has 0 aliphatic rings. The van der Waals surface area contributed by atoms with Gasteiger partial charge in [0.1, 0.15) is 11.5 Å². The molecule has 3 nitrogen and oxygen atoms in total. The van der Waals surface area contributed by atoms with Gasteiger partial charge in [0.25, 0.3) is 0 Å². The van der Waals surface area contributed by atoms with E-state index in [1.807, 2.05) is 72.8 Å². The van der Waals surface area contributed by atoms with Crippen molar-refractivity contribution in [3.63, 3.8) is 0 Å². The lowest BCUT2D eigenvalue weighted by molar-refractivity contribution is 0.483. The highest BCUT2D eigenvalue weighted by atomic mass is 16.5. The Labute approximate surface area is 123 Å². The van der Waals surface area contributed by atoms with Crippen molar-refractivity contribution >= 4 is 11.4 Å². The van der Waals surface area contributed by atoms with Gasteiger partial charge in [0.05, 0.1) is 0 Å². The number of ether oxygens (including phenoxy) is 1. The molecule has 0 fully saturated rings. The van der Waals surface area contributed by atoms with Crippen molar-refractivity contribution in [2.45, 2.75) is 0 Å². The Bertz CT molecular complexity index is 737. The predicted octanol–water partition coefficient (Wildman–Crippen LogP) is 4.31. The molecule has 0 atom stereocenters. The van der Waals surface area contributed by atoms with Crippen molar-refractivity contribution in [1.82, 2.24) is 0 Å². The largest absolute Gasteiger partial charge is 0.457 e. The third-order valence-corrected chi connectivity index (χ3v) is 3.22. The van der Waals surface area contributed by atoms with Gasteiger partial charge in [-0.1, -0.05) is 30.3 Å². The van der Waals surface area contributed by atoms with Crippen LogP contribution in [0.3, 0.4) is 0 Å². The van der Waals surface area contributed by atoms with Crippen LogP contribution >= 0.6 is 0 Å². The van der Waals surface area contributed by atoms with Crippen LogP contribution in [0.4, 0.5) is 11.4 Å². The smallest absolute Gasteiger partial charge is 0.129 e. The first-order valence-corrected chi connectivity index (χ1v) is 6.71. The fraction of sp³-hybridized carbons (Fsp3) is 0. The van der Waals surface area contributed by atoms with Crippen molar-refractivity contribution < 1.29 is 4.74 Å². The molecule has 4 N–H and O–H groups in total. The van der Waals surface area contributed by atoms with Gasteiger partial charge in [-0.2, -0.15) is 0 Å². The number of nitrogens with two attached hydrogens (primary N) is 2. The van der Waals surface area contributed by atoms with E-state index >= 15 is 0 Å². The van der Waals surface area contributed by atoms with Crippen LogP contribution < -0.4 is 16.2 Å². The molecule has 0 aliphatic carbocycles. The maximum atomic E-state index is 6.13. The number of para-hydroxylation sites is 1.